The van der Waals surface area contributed by atoms with Crippen molar-refractivity contribution in [1.29, 1.82) is 0 Å². The highest BCUT2D eigenvalue weighted by molar-refractivity contribution is 7.97. The fourth-order valence-corrected chi connectivity index (χ4v) is 5.04. The number of amides is 2. The van der Waals surface area contributed by atoms with Gasteiger partial charge in [0.2, 0.25) is 0 Å². The van der Waals surface area contributed by atoms with E-state index in [0.717, 1.165) is 43.4 Å². The number of hydrogen-bond donors (Lipinski definition) is 1. The van der Waals surface area contributed by atoms with Crippen LogP contribution in [0.3, 0.4) is 0 Å². The second kappa shape index (κ2) is 13.0. The molecule has 0 aromatic heterocycles. The lowest BCUT2D eigenvalue weighted by Crippen LogP contribution is -2.50. The topological polar surface area (TPSA) is 61.9 Å². The summed E-state index contributed by atoms with van der Waals surface area (Å²) in [6.07, 6.45) is -0.793. The molecule has 36 heavy (non-hydrogen) atoms. The first-order chi connectivity index (χ1) is 17.2. The van der Waals surface area contributed by atoms with Gasteiger partial charge in [-0.05, 0) is 73.2 Å². The van der Waals surface area contributed by atoms with Crippen LogP contribution in [0.25, 0.3) is 0 Å². The number of piperidine rings is 1. The molecule has 1 fully saturated rings. The standard InChI is InChI=1S/C26H32F3N3O3S/c1-3-4-15-30-25(34)31-16-5-6-22(18-31)32(17-19-7-9-20(10-8-19)24(33)35-2)36-23-13-11-21(12-14-23)26(27,28)29/h7-14,22H,3-6,15-18H2,1-2H3,(H,30,34). The van der Waals surface area contributed by atoms with Gasteiger partial charge in [0.05, 0.1) is 18.2 Å². The number of likely N-dealkylation sites (tertiary alicyclic amines) is 1. The number of rotatable bonds is 9. The molecule has 0 bridgehead atoms. The maximum atomic E-state index is 13.0. The van der Waals surface area contributed by atoms with Crippen molar-refractivity contribution in [2.24, 2.45) is 0 Å². The minimum atomic E-state index is -4.39. The number of nitrogens with one attached hydrogen (secondary N) is 1. The van der Waals surface area contributed by atoms with E-state index in [4.69, 9.17) is 4.74 Å². The van der Waals surface area contributed by atoms with Gasteiger partial charge in [-0.15, -0.1) is 0 Å². The highest BCUT2D eigenvalue weighted by atomic mass is 32.2. The van der Waals surface area contributed by atoms with Crippen LogP contribution in [0.4, 0.5) is 18.0 Å². The van der Waals surface area contributed by atoms with Gasteiger partial charge in [-0.1, -0.05) is 25.5 Å². The molecule has 1 aliphatic rings. The number of halogens is 3. The molecule has 2 aromatic carbocycles. The van der Waals surface area contributed by atoms with Crippen LogP contribution in [0.1, 0.15) is 54.1 Å². The van der Waals surface area contributed by atoms with Crippen molar-refractivity contribution in [3.05, 3.63) is 65.2 Å². The highest BCUT2D eigenvalue weighted by Gasteiger charge is 2.31. The Balaban J connectivity index is 1.77. The molecule has 1 saturated heterocycles. The van der Waals surface area contributed by atoms with Gasteiger partial charge in [-0.3, -0.25) is 0 Å². The number of alkyl halides is 3. The second-order valence-electron chi connectivity index (χ2n) is 8.70. The predicted octanol–water partition coefficient (Wildman–Crippen LogP) is 5.98. The molecular formula is C26H32F3N3O3S. The van der Waals surface area contributed by atoms with Crippen LogP contribution in [0.15, 0.2) is 53.4 Å². The Kier molecular flexibility index (Phi) is 10.1. The van der Waals surface area contributed by atoms with Gasteiger partial charge < -0.3 is 15.0 Å². The minimum Gasteiger partial charge on any atom is -0.465 e. The Bertz CT molecular complexity index is 1000. The van der Waals surface area contributed by atoms with E-state index in [9.17, 15) is 22.8 Å². The van der Waals surface area contributed by atoms with E-state index < -0.39 is 17.7 Å². The van der Waals surface area contributed by atoms with Crippen molar-refractivity contribution >= 4 is 23.9 Å². The molecule has 0 saturated carbocycles. The molecule has 196 valence electrons. The van der Waals surface area contributed by atoms with E-state index in [0.29, 0.717) is 36.6 Å². The third kappa shape index (κ3) is 7.89. The Morgan fingerprint density at radius 1 is 1.14 bits per heavy atom. The van der Waals surface area contributed by atoms with Gasteiger partial charge in [-0.2, -0.15) is 13.2 Å². The van der Waals surface area contributed by atoms with Crippen LogP contribution < -0.4 is 5.32 Å². The zero-order valence-corrected chi connectivity index (χ0v) is 21.3. The molecule has 2 amide bonds. The summed E-state index contributed by atoms with van der Waals surface area (Å²) < 4.78 is 45.9. The number of carbonyl (C=O) groups is 2. The number of methoxy groups -OCH3 is 1. The molecule has 1 heterocycles. The third-order valence-electron chi connectivity index (χ3n) is 6.02. The fourth-order valence-electron chi connectivity index (χ4n) is 3.98. The number of nitrogens with zero attached hydrogens (tertiary/aromatic N) is 2. The molecular weight excluding hydrogens is 491 g/mol. The third-order valence-corrected chi connectivity index (χ3v) is 7.16. The summed E-state index contributed by atoms with van der Waals surface area (Å²) in [4.78, 5) is 26.9. The number of benzene rings is 2. The Labute approximate surface area is 214 Å². The lowest BCUT2D eigenvalue weighted by molar-refractivity contribution is -0.137. The highest BCUT2D eigenvalue weighted by Crippen LogP contribution is 2.34. The van der Waals surface area contributed by atoms with E-state index >= 15 is 0 Å². The van der Waals surface area contributed by atoms with Crippen LogP contribution in [0.5, 0.6) is 0 Å². The monoisotopic (exact) mass is 523 g/mol. The van der Waals surface area contributed by atoms with E-state index in [1.807, 2.05) is 17.0 Å². The zero-order chi connectivity index (χ0) is 26.1. The molecule has 1 aliphatic heterocycles. The molecule has 6 nitrogen and oxygen atoms in total. The van der Waals surface area contributed by atoms with Crippen molar-refractivity contribution in [1.82, 2.24) is 14.5 Å². The molecule has 1 unspecified atom stereocenters. The fraction of sp³-hybridized carbons (Fsp3) is 0.462. The Hall–Kier alpha value is -2.72. The number of ether oxygens (including phenoxy) is 1. The average molecular weight is 524 g/mol. The average Bonchev–Trinajstić information content (AvgIpc) is 2.88. The summed E-state index contributed by atoms with van der Waals surface area (Å²) in [5.74, 6) is -0.422. The van der Waals surface area contributed by atoms with Crippen LogP contribution in [0.2, 0.25) is 0 Å². The maximum absolute atomic E-state index is 13.0. The van der Waals surface area contributed by atoms with E-state index in [1.54, 1.807) is 12.1 Å². The normalized spacial score (nSPS) is 16.2. The molecule has 1 N–H and O–H groups in total. The van der Waals surface area contributed by atoms with Crippen LogP contribution in [-0.2, 0) is 17.5 Å². The summed E-state index contributed by atoms with van der Waals surface area (Å²) >= 11 is 1.38. The summed E-state index contributed by atoms with van der Waals surface area (Å²) in [5, 5.41) is 2.97. The van der Waals surface area contributed by atoms with Crippen molar-refractivity contribution in [3.8, 4) is 0 Å². The number of hydrogen-bond acceptors (Lipinski definition) is 5. The van der Waals surface area contributed by atoms with E-state index in [-0.39, 0.29) is 12.1 Å². The second-order valence-corrected chi connectivity index (χ2v) is 9.83. The SMILES string of the molecule is CCCCNC(=O)N1CCCC(N(Cc2ccc(C(=O)OC)cc2)Sc2ccc(C(F)(F)F)cc2)C1. The molecule has 2 aromatic rings. The zero-order valence-electron chi connectivity index (χ0n) is 20.5. The smallest absolute Gasteiger partial charge is 0.416 e. The number of carbonyl (C=O) groups excluding carboxylic acids is 2. The number of urea groups is 1. The summed E-state index contributed by atoms with van der Waals surface area (Å²) in [5.41, 5.74) is 0.687. The van der Waals surface area contributed by atoms with Gasteiger partial charge >= 0.3 is 18.2 Å². The van der Waals surface area contributed by atoms with Gasteiger partial charge in [0, 0.05) is 37.1 Å². The van der Waals surface area contributed by atoms with Crippen molar-refractivity contribution < 1.29 is 27.5 Å². The van der Waals surface area contributed by atoms with Gasteiger partial charge in [0.1, 0.15) is 0 Å². The Morgan fingerprint density at radius 2 is 1.83 bits per heavy atom. The van der Waals surface area contributed by atoms with E-state index in [1.165, 1.54) is 31.2 Å². The summed E-state index contributed by atoms with van der Waals surface area (Å²) in [6, 6.07) is 12.1. The molecule has 0 radical (unpaired) electrons. The van der Waals surface area contributed by atoms with Gasteiger partial charge in [0.25, 0.3) is 0 Å². The maximum Gasteiger partial charge on any atom is 0.416 e. The molecule has 1 atom stereocenters. The largest absolute Gasteiger partial charge is 0.465 e. The lowest BCUT2D eigenvalue weighted by atomic mass is 10.1. The minimum absolute atomic E-state index is 0.00301. The first-order valence-electron chi connectivity index (χ1n) is 12.0. The van der Waals surface area contributed by atoms with Crippen LogP contribution in [-0.4, -0.2) is 54.0 Å². The molecule has 0 spiro atoms. The quantitative estimate of drug-likeness (QED) is 0.249. The van der Waals surface area contributed by atoms with E-state index in [2.05, 4.69) is 16.5 Å². The van der Waals surface area contributed by atoms with Crippen LogP contribution in [0, 0.1) is 0 Å². The number of esters is 1. The molecule has 10 heteroatoms. The number of unbranched alkanes of at least 4 members (excludes halogenated alkanes) is 1. The molecule has 0 aliphatic carbocycles. The molecule has 3 rings (SSSR count). The van der Waals surface area contributed by atoms with Crippen molar-refractivity contribution in [2.45, 2.75) is 56.3 Å². The van der Waals surface area contributed by atoms with Gasteiger partial charge in [0.15, 0.2) is 0 Å². The lowest BCUT2D eigenvalue weighted by Gasteiger charge is -2.38. The first-order valence-corrected chi connectivity index (χ1v) is 12.8. The van der Waals surface area contributed by atoms with Crippen molar-refractivity contribution in [2.75, 3.05) is 26.7 Å². The Morgan fingerprint density at radius 3 is 2.44 bits per heavy atom. The van der Waals surface area contributed by atoms with Gasteiger partial charge in [-0.25, -0.2) is 13.9 Å². The predicted molar refractivity (Wildman–Crippen MR) is 134 cm³/mol. The summed E-state index contributed by atoms with van der Waals surface area (Å²) in [7, 11) is 1.33. The van der Waals surface area contributed by atoms with Crippen LogP contribution >= 0.6 is 11.9 Å². The first kappa shape index (κ1) is 27.9. The van der Waals surface area contributed by atoms with Crippen molar-refractivity contribution in [3.63, 3.8) is 0 Å². The summed E-state index contributed by atoms with van der Waals surface area (Å²) in [6.45, 7) is 4.38.